The SMILES string of the molecule is CCOC(=O)C1Cc2cc(F)c(Br)cc2C1. The van der Waals surface area contributed by atoms with Crippen LogP contribution in [0.2, 0.25) is 0 Å². The van der Waals surface area contributed by atoms with Crippen molar-refractivity contribution < 1.29 is 13.9 Å². The standard InChI is InChI=1S/C12H12BrFO2/c1-2-16-12(15)9-3-7-5-10(13)11(14)6-8(7)4-9/h5-6,9H,2-4H2,1H3. The number of rotatable bonds is 2. The molecule has 4 heteroatoms. The van der Waals surface area contributed by atoms with E-state index >= 15 is 0 Å². The molecule has 0 heterocycles. The van der Waals surface area contributed by atoms with Gasteiger partial charge in [-0.05, 0) is 59.0 Å². The van der Waals surface area contributed by atoms with Gasteiger partial charge in [-0.3, -0.25) is 4.79 Å². The highest BCUT2D eigenvalue weighted by atomic mass is 79.9. The van der Waals surface area contributed by atoms with Crippen molar-refractivity contribution >= 4 is 21.9 Å². The molecule has 16 heavy (non-hydrogen) atoms. The van der Waals surface area contributed by atoms with Crippen molar-refractivity contribution in [1.29, 1.82) is 0 Å². The van der Waals surface area contributed by atoms with Crippen molar-refractivity contribution in [2.75, 3.05) is 6.61 Å². The molecule has 1 aromatic carbocycles. The first kappa shape index (κ1) is 11.6. The molecule has 86 valence electrons. The van der Waals surface area contributed by atoms with Crippen molar-refractivity contribution in [3.05, 3.63) is 33.5 Å². The molecule has 1 atom stereocenters. The normalized spacial score (nSPS) is 18.3. The minimum absolute atomic E-state index is 0.149. The lowest BCUT2D eigenvalue weighted by Crippen LogP contribution is -2.17. The van der Waals surface area contributed by atoms with Crippen LogP contribution >= 0.6 is 15.9 Å². The Hall–Kier alpha value is -0.900. The first-order valence-corrected chi connectivity index (χ1v) is 6.04. The molecule has 0 saturated heterocycles. The number of halogens is 2. The van der Waals surface area contributed by atoms with Crippen LogP contribution in [0.15, 0.2) is 16.6 Å². The van der Waals surface area contributed by atoms with Gasteiger partial charge in [-0.25, -0.2) is 4.39 Å². The van der Waals surface area contributed by atoms with Crippen molar-refractivity contribution in [2.45, 2.75) is 19.8 Å². The average molecular weight is 287 g/mol. The van der Waals surface area contributed by atoms with Gasteiger partial charge in [-0.1, -0.05) is 0 Å². The average Bonchev–Trinajstić information content (AvgIpc) is 2.62. The number of esters is 1. The van der Waals surface area contributed by atoms with Crippen LogP contribution in [-0.4, -0.2) is 12.6 Å². The molecule has 0 N–H and O–H groups in total. The summed E-state index contributed by atoms with van der Waals surface area (Å²) < 4.78 is 18.7. The predicted octanol–water partition coefficient (Wildman–Crippen LogP) is 2.87. The Kier molecular flexibility index (Phi) is 3.28. The second-order valence-corrected chi connectivity index (χ2v) is 4.75. The molecular formula is C12H12BrFO2. The summed E-state index contributed by atoms with van der Waals surface area (Å²) in [6.07, 6.45) is 1.23. The molecule has 0 radical (unpaired) electrons. The fourth-order valence-corrected chi connectivity index (χ4v) is 2.43. The highest BCUT2D eigenvalue weighted by Gasteiger charge is 2.29. The van der Waals surface area contributed by atoms with Crippen molar-refractivity contribution in [2.24, 2.45) is 5.92 Å². The number of fused-ring (bicyclic) bond motifs is 1. The zero-order valence-electron chi connectivity index (χ0n) is 8.93. The van der Waals surface area contributed by atoms with E-state index in [1.165, 1.54) is 6.07 Å². The lowest BCUT2D eigenvalue weighted by molar-refractivity contribution is -0.147. The second kappa shape index (κ2) is 4.53. The van der Waals surface area contributed by atoms with E-state index < -0.39 is 0 Å². The van der Waals surface area contributed by atoms with Crippen molar-refractivity contribution in [3.63, 3.8) is 0 Å². The Labute approximate surface area is 102 Å². The Morgan fingerprint density at radius 2 is 2.12 bits per heavy atom. The molecule has 0 aromatic heterocycles. The topological polar surface area (TPSA) is 26.3 Å². The molecule has 0 saturated carbocycles. The van der Waals surface area contributed by atoms with Crippen LogP contribution in [0, 0.1) is 11.7 Å². The van der Waals surface area contributed by atoms with E-state index in [1.807, 2.05) is 0 Å². The molecular weight excluding hydrogens is 275 g/mol. The molecule has 0 amide bonds. The fourth-order valence-electron chi connectivity index (χ4n) is 2.04. The monoisotopic (exact) mass is 286 g/mol. The summed E-state index contributed by atoms with van der Waals surface area (Å²) in [6, 6.07) is 3.25. The van der Waals surface area contributed by atoms with Gasteiger partial charge in [0, 0.05) is 0 Å². The summed E-state index contributed by atoms with van der Waals surface area (Å²) in [5.74, 6) is -0.609. The van der Waals surface area contributed by atoms with Gasteiger partial charge in [0.2, 0.25) is 0 Å². The highest BCUT2D eigenvalue weighted by Crippen LogP contribution is 2.31. The third kappa shape index (κ3) is 2.12. The molecule has 1 aliphatic rings. The first-order chi connectivity index (χ1) is 7.61. The first-order valence-electron chi connectivity index (χ1n) is 5.25. The Balaban J connectivity index is 2.18. The largest absolute Gasteiger partial charge is 0.466 e. The van der Waals surface area contributed by atoms with Crippen LogP contribution < -0.4 is 0 Å². The minimum Gasteiger partial charge on any atom is -0.466 e. The number of hydrogen-bond acceptors (Lipinski definition) is 2. The third-order valence-corrected chi connectivity index (χ3v) is 3.40. The van der Waals surface area contributed by atoms with Gasteiger partial charge in [0.15, 0.2) is 0 Å². The van der Waals surface area contributed by atoms with Gasteiger partial charge in [0.25, 0.3) is 0 Å². The molecule has 1 aliphatic carbocycles. The molecule has 0 aliphatic heterocycles. The van der Waals surface area contributed by atoms with Crippen LogP contribution in [-0.2, 0) is 22.4 Å². The van der Waals surface area contributed by atoms with E-state index in [0.29, 0.717) is 23.9 Å². The van der Waals surface area contributed by atoms with E-state index in [2.05, 4.69) is 15.9 Å². The van der Waals surface area contributed by atoms with E-state index in [4.69, 9.17) is 4.74 Å². The quantitative estimate of drug-likeness (QED) is 0.782. The number of hydrogen-bond donors (Lipinski definition) is 0. The highest BCUT2D eigenvalue weighted by molar-refractivity contribution is 9.10. The van der Waals surface area contributed by atoms with Gasteiger partial charge in [-0.15, -0.1) is 0 Å². The van der Waals surface area contributed by atoms with E-state index in [0.717, 1.165) is 11.1 Å². The molecule has 0 fully saturated rings. The zero-order chi connectivity index (χ0) is 11.7. The summed E-state index contributed by atoms with van der Waals surface area (Å²) >= 11 is 3.15. The van der Waals surface area contributed by atoms with Gasteiger partial charge >= 0.3 is 5.97 Å². The summed E-state index contributed by atoms with van der Waals surface area (Å²) in [5, 5.41) is 0. The van der Waals surface area contributed by atoms with Crippen LogP contribution in [0.25, 0.3) is 0 Å². The van der Waals surface area contributed by atoms with E-state index in [-0.39, 0.29) is 17.7 Å². The summed E-state index contributed by atoms with van der Waals surface area (Å²) in [6.45, 7) is 2.18. The minimum atomic E-state index is -0.275. The Morgan fingerprint density at radius 3 is 2.75 bits per heavy atom. The van der Waals surface area contributed by atoms with Crippen LogP contribution in [0.3, 0.4) is 0 Å². The summed E-state index contributed by atoms with van der Waals surface area (Å²) in [7, 11) is 0. The number of benzene rings is 1. The summed E-state index contributed by atoms with van der Waals surface area (Å²) in [4.78, 5) is 11.6. The smallest absolute Gasteiger partial charge is 0.309 e. The van der Waals surface area contributed by atoms with Gasteiger partial charge in [0.1, 0.15) is 5.82 Å². The molecule has 1 aromatic rings. The fraction of sp³-hybridized carbons (Fsp3) is 0.417. The van der Waals surface area contributed by atoms with Crippen LogP contribution in [0.4, 0.5) is 4.39 Å². The molecule has 0 spiro atoms. The third-order valence-electron chi connectivity index (χ3n) is 2.80. The van der Waals surface area contributed by atoms with Crippen molar-refractivity contribution in [3.8, 4) is 0 Å². The van der Waals surface area contributed by atoms with Gasteiger partial charge < -0.3 is 4.74 Å². The molecule has 1 unspecified atom stereocenters. The van der Waals surface area contributed by atoms with E-state index in [9.17, 15) is 9.18 Å². The lowest BCUT2D eigenvalue weighted by Gasteiger charge is -2.06. The van der Waals surface area contributed by atoms with Gasteiger partial charge in [0.05, 0.1) is 17.0 Å². The second-order valence-electron chi connectivity index (χ2n) is 3.89. The lowest BCUT2D eigenvalue weighted by atomic mass is 10.1. The predicted molar refractivity (Wildman–Crippen MR) is 61.6 cm³/mol. The number of ether oxygens (including phenoxy) is 1. The Bertz CT molecular complexity index is 400. The molecule has 0 bridgehead atoms. The zero-order valence-corrected chi connectivity index (χ0v) is 10.5. The maximum Gasteiger partial charge on any atom is 0.309 e. The summed E-state index contributed by atoms with van der Waals surface area (Å²) in [5.41, 5.74) is 1.95. The Morgan fingerprint density at radius 1 is 1.50 bits per heavy atom. The molecule has 2 nitrogen and oxygen atoms in total. The van der Waals surface area contributed by atoms with Crippen LogP contribution in [0.1, 0.15) is 18.1 Å². The van der Waals surface area contributed by atoms with Crippen molar-refractivity contribution in [1.82, 2.24) is 0 Å². The number of carbonyl (C=O) groups is 1. The van der Waals surface area contributed by atoms with E-state index in [1.54, 1.807) is 13.0 Å². The van der Waals surface area contributed by atoms with Gasteiger partial charge in [-0.2, -0.15) is 0 Å². The van der Waals surface area contributed by atoms with Crippen LogP contribution in [0.5, 0.6) is 0 Å². The maximum absolute atomic E-state index is 13.3. The number of carbonyl (C=O) groups excluding carboxylic acids is 1. The maximum atomic E-state index is 13.3. The molecule has 2 rings (SSSR count).